The second-order valence-corrected chi connectivity index (χ2v) is 3.25. The van der Waals surface area contributed by atoms with Crippen LogP contribution in [-0.2, 0) is 0 Å². The molecular formula is C12H17N. The van der Waals surface area contributed by atoms with E-state index in [1.165, 1.54) is 24.1 Å². The van der Waals surface area contributed by atoms with Crippen molar-refractivity contribution in [3.63, 3.8) is 0 Å². The molecule has 0 amide bonds. The molecule has 1 aliphatic carbocycles. The molecule has 13 heavy (non-hydrogen) atoms. The summed E-state index contributed by atoms with van der Waals surface area (Å²) >= 11 is 0. The van der Waals surface area contributed by atoms with Crippen LogP contribution < -0.4 is 0 Å². The molecule has 1 heteroatoms. The standard InChI is InChI=1S/C12H17N/c1-3-5-10-13-12-9-6-8-11(12)7-4-2/h10H,3,5-6,8-9H2,1-2H3. The van der Waals surface area contributed by atoms with Gasteiger partial charge in [0, 0.05) is 11.8 Å². The molecule has 0 spiro atoms. The van der Waals surface area contributed by atoms with Crippen molar-refractivity contribution in [2.24, 2.45) is 4.99 Å². The summed E-state index contributed by atoms with van der Waals surface area (Å²) in [4.78, 5) is 4.47. The lowest BCUT2D eigenvalue weighted by molar-refractivity contribution is 0.894. The molecule has 70 valence electrons. The van der Waals surface area contributed by atoms with E-state index >= 15 is 0 Å². The van der Waals surface area contributed by atoms with E-state index in [1.54, 1.807) is 0 Å². The fraction of sp³-hybridized carbons (Fsp3) is 0.583. The first-order chi connectivity index (χ1) is 6.38. The number of nitrogens with zero attached hydrogens (tertiary/aromatic N) is 1. The maximum absolute atomic E-state index is 4.47. The van der Waals surface area contributed by atoms with Crippen molar-refractivity contribution in [3.05, 3.63) is 11.3 Å². The minimum absolute atomic E-state index is 1.08. The van der Waals surface area contributed by atoms with Crippen molar-refractivity contribution in [2.75, 3.05) is 0 Å². The van der Waals surface area contributed by atoms with E-state index in [4.69, 9.17) is 0 Å². The Balaban J connectivity index is 2.63. The maximum Gasteiger partial charge on any atom is 0.0515 e. The third-order valence-corrected chi connectivity index (χ3v) is 2.13. The van der Waals surface area contributed by atoms with Gasteiger partial charge in [0.15, 0.2) is 0 Å². The van der Waals surface area contributed by atoms with Crippen molar-refractivity contribution in [1.29, 1.82) is 0 Å². The first-order valence-electron chi connectivity index (χ1n) is 5.05. The Bertz CT molecular complexity index is 273. The monoisotopic (exact) mass is 175 g/mol. The van der Waals surface area contributed by atoms with Gasteiger partial charge in [0.05, 0.1) is 5.70 Å². The van der Waals surface area contributed by atoms with Gasteiger partial charge in [-0.3, -0.25) is 4.99 Å². The van der Waals surface area contributed by atoms with Gasteiger partial charge >= 0.3 is 0 Å². The fourth-order valence-electron chi connectivity index (χ4n) is 1.46. The van der Waals surface area contributed by atoms with Gasteiger partial charge in [-0.05, 0) is 32.6 Å². The normalized spacial score (nSPS) is 16.5. The SMILES string of the molecule is CC#CC1=C(N=CCCC)CCC1. The topological polar surface area (TPSA) is 12.4 Å². The molecule has 0 saturated heterocycles. The number of unbranched alkanes of at least 4 members (excludes halogenated alkanes) is 1. The summed E-state index contributed by atoms with van der Waals surface area (Å²) in [6, 6.07) is 0. The summed E-state index contributed by atoms with van der Waals surface area (Å²) in [6.45, 7) is 4.06. The average molecular weight is 175 g/mol. The third kappa shape index (κ3) is 3.06. The Morgan fingerprint density at radius 3 is 3.00 bits per heavy atom. The van der Waals surface area contributed by atoms with Crippen molar-refractivity contribution < 1.29 is 0 Å². The lowest BCUT2D eigenvalue weighted by Crippen LogP contribution is -1.79. The Morgan fingerprint density at radius 1 is 1.46 bits per heavy atom. The molecule has 1 aliphatic rings. The summed E-state index contributed by atoms with van der Waals surface area (Å²) in [5.74, 6) is 6.09. The zero-order valence-electron chi connectivity index (χ0n) is 8.56. The highest BCUT2D eigenvalue weighted by molar-refractivity contribution is 5.59. The van der Waals surface area contributed by atoms with Gasteiger partial charge in [0.2, 0.25) is 0 Å². The molecule has 0 aromatic carbocycles. The molecule has 0 aromatic rings. The van der Waals surface area contributed by atoms with E-state index < -0.39 is 0 Å². The molecule has 0 aliphatic heterocycles. The smallest absolute Gasteiger partial charge is 0.0515 e. The lowest BCUT2D eigenvalue weighted by Gasteiger charge is -1.93. The molecule has 0 unspecified atom stereocenters. The molecule has 0 atom stereocenters. The first-order valence-corrected chi connectivity index (χ1v) is 5.05. The highest BCUT2D eigenvalue weighted by Gasteiger charge is 2.10. The minimum Gasteiger partial charge on any atom is -0.265 e. The van der Waals surface area contributed by atoms with Crippen LogP contribution >= 0.6 is 0 Å². The predicted octanol–water partition coefficient (Wildman–Crippen LogP) is 3.32. The van der Waals surface area contributed by atoms with Crippen molar-refractivity contribution in [3.8, 4) is 11.8 Å². The van der Waals surface area contributed by atoms with E-state index in [2.05, 4.69) is 23.8 Å². The molecule has 0 radical (unpaired) electrons. The van der Waals surface area contributed by atoms with Crippen LogP contribution in [0.1, 0.15) is 46.0 Å². The molecule has 1 rings (SSSR count). The van der Waals surface area contributed by atoms with E-state index in [-0.39, 0.29) is 0 Å². The number of hydrogen-bond acceptors (Lipinski definition) is 1. The van der Waals surface area contributed by atoms with E-state index in [0.717, 1.165) is 19.3 Å². The lowest BCUT2D eigenvalue weighted by atomic mass is 10.2. The van der Waals surface area contributed by atoms with Crippen molar-refractivity contribution in [1.82, 2.24) is 0 Å². The van der Waals surface area contributed by atoms with Gasteiger partial charge in [-0.15, -0.1) is 5.92 Å². The van der Waals surface area contributed by atoms with Gasteiger partial charge in [0.25, 0.3) is 0 Å². The van der Waals surface area contributed by atoms with E-state index in [0.29, 0.717) is 0 Å². The van der Waals surface area contributed by atoms with Crippen LogP contribution in [-0.4, -0.2) is 6.21 Å². The minimum atomic E-state index is 1.08. The zero-order valence-corrected chi connectivity index (χ0v) is 8.56. The molecule has 1 nitrogen and oxygen atoms in total. The molecule has 0 heterocycles. The van der Waals surface area contributed by atoms with Gasteiger partial charge < -0.3 is 0 Å². The number of aliphatic imine (C=N–C) groups is 1. The summed E-state index contributed by atoms with van der Waals surface area (Å²) in [6.07, 6.45) is 7.74. The van der Waals surface area contributed by atoms with Crippen LogP contribution in [0.4, 0.5) is 0 Å². The Morgan fingerprint density at radius 2 is 2.31 bits per heavy atom. The van der Waals surface area contributed by atoms with Crippen LogP contribution in [0.2, 0.25) is 0 Å². The largest absolute Gasteiger partial charge is 0.265 e. The van der Waals surface area contributed by atoms with Crippen LogP contribution in [0, 0.1) is 11.8 Å². The Kier molecular flexibility index (Phi) is 4.32. The molecule has 0 N–H and O–H groups in total. The van der Waals surface area contributed by atoms with Crippen LogP contribution in [0.15, 0.2) is 16.3 Å². The summed E-state index contributed by atoms with van der Waals surface area (Å²) in [7, 11) is 0. The zero-order chi connectivity index (χ0) is 9.52. The van der Waals surface area contributed by atoms with Crippen LogP contribution in [0.5, 0.6) is 0 Å². The summed E-state index contributed by atoms with van der Waals surface area (Å²) in [5.41, 5.74) is 2.48. The Hall–Kier alpha value is -1.03. The second-order valence-electron chi connectivity index (χ2n) is 3.25. The van der Waals surface area contributed by atoms with Gasteiger partial charge in [-0.25, -0.2) is 0 Å². The number of hydrogen-bond donors (Lipinski definition) is 0. The highest BCUT2D eigenvalue weighted by atomic mass is 14.7. The quantitative estimate of drug-likeness (QED) is 0.461. The van der Waals surface area contributed by atoms with E-state index in [9.17, 15) is 0 Å². The molecular weight excluding hydrogens is 158 g/mol. The number of allylic oxidation sites excluding steroid dienone is 2. The van der Waals surface area contributed by atoms with Crippen molar-refractivity contribution >= 4 is 6.21 Å². The average Bonchev–Trinajstić information content (AvgIpc) is 2.54. The Labute approximate surface area is 81.0 Å². The molecule has 0 fully saturated rings. The molecule has 0 saturated carbocycles. The number of rotatable bonds is 3. The summed E-state index contributed by atoms with van der Waals surface area (Å²) in [5, 5.41) is 0. The fourth-order valence-corrected chi connectivity index (χ4v) is 1.46. The second kappa shape index (κ2) is 5.59. The predicted molar refractivity (Wildman–Crippen MR) is 57.7 cm³/mol. The van der Waals surface area contributed by atoms with E-state index in [1.807, 2.05) is 13.1 Å². The molecule has 0 bridgehead atoms. The van der Waals surface area contributed by atoms with Crippen LogP contribution in [0.25, 0.3) is 0 Å². The first kappa shape index (κ1) is 10.1. The highest BCUT2D eigenvalue weighted by Crippen LogP contribution is 2.25. The van der Waals surface area contributed by atoms with Crippen molar-refractivity contribution in [2.45, 2.75) is 46.0 Å². The third-order valence-electron chi connectivity index (χ3n) is 2.13. The maximum atomic E-state index is 4.47. The van der Waals surface area contributed by atoms with Gasteiger partial charge in [0.1, 0.15) is 0 Å². The van der Waals surface area contributed by atoms with Gasteiger partial charge in [-0.2, -0.15) is 0 Å². The molecule has 0 aromatic heterocycles. The van der Waals surface area contributed by atoms with Gasteiger partial charge in [-0.1, -0.05) is 19.3 Å². The summed E-state index contributed by atoms with van der Waals surface area (Å²) < 4.78 is 0. The van der Waals surface area contributed by atoms with Crippen LogP contribution in [0.3, 0.4) is 0 Å².